The van der Waals surface area contributed by atoms with Crippen LogP contribution in [-0.4, -0.2) is 43.0 Å². The van der Waals surface area contributed by atoms with Gasteiger partial charge in [-0.05, 0) is 26.2 Å². The van der Waals surface area contributed by atoms with Crippen molar-refractivity contribution in [3.05, 3.63) is 30.1 Å². The molecule has 4 nitrogen and oxygen atoms in total. The Hall–Kier alpha value is -1.42. The van der Waals surface area contributed by atoms with E-state index in [0.29, 0.717) is 12.1 Å². The van der Waals surface area contributed by atoms with Gasteiger partial charge in [-0.3, -0.25) is 9.78 Å². The molecule has 0 aliphatic carbocycles. The molecule has 1 aromatic rings. The third-order valence-electron chi connectivity index (χ3n) is 1.77. The fraction of sp³-hybridized carbons (Fsp3) is 0.400. The number of amides is 1. The Labute approximate surface area is 83.9 Å². The number of pyridine rings is 1. The van der Waals surface area contributed by atoms with Crippen LogP contribution in [0.4, 0.5) is 0 Å². The first-order valence-corrected chi connectivity index (χ1v) is 4.53. The molecule has 14 heavy (non-hydrogen) atoms. The molecule has 1 rings (SSSR count). The van der Waals surface area contributed by atoms with Gasteiger partial charge in [0.25, 0.3) is 5.91 Å². The number of carbonyl (C=O) groups excluding carboxylic acids is 1. The highest BCUT2D eigenvalue weighted by molar-refractivity contribution is 5.93. The monoisotopic (exact) mass is 193 g/mol. The Morgan fingerprint density at radius 3 is 2.93 bits per heavy atom. The van der Waals surface area contributed by atoms with Gasteiger partial charge in [-0.1, -0.05) is 0 Å². The molecule has 0 radical (unpaired) electrons. The SMILES string of the molecule is CN(C)CCNC(=O)c1cccnc1. The summed E-state index contributed by atoms with van der Waals surface area (Å²) in [5, 5.41) is 2.81. The molecular weight excluding hydrogens is 178 g/mol. The van der Waals surface area contributed by atoms with Gasteiger partial charge in [0.05, 0.1) is 5.56 Å². The molecule has 0 aromatic carbocycles. The lowest BCUT2D eigenvalue weighted by Gasteiger charge is -2.09. The summed E-state index contributed by atoms with van der Waals surface area (Å²) < 4.78 is 0. The van der Waals surface area contributed by atoms with Crippen LogP contribution < -0.4 is 5.32 Å². The molecular formula is C10H15N3O. The minimum absolute atomic E-state index is 0.0695. The number of nitrogens with zero attached hydrogens (tertiary/aromatic N) is 2. The van der Waals surface area contributed by atoms with Gasteiger partial charge < -0.3 is 10.2 Å². The maximum absolute atomic E-state index is 11.5. The van der Waals surface area contributed by atoms with Crippen LogP contribution in [0.1, 0.15) is 10.4 Å². The smallest absolute Gasteiger partial charge is 0.252 e. The van der Waals surface area contributed by atoms with Crippen molar-refractivity contribution in [2.75, 3.05) is 27.2 Å². The van der Waals surface area contributed by atoms with E-state index in [0.717, 1.165) is 6.54 Å². The number of aromatic nitrogens is 1. The summed E-state index contributed by atoms with van der Waals surface area (Å²) in [7, 11) is 3.94. The third kappa shape index (κ3) is 3.53. The molecule has 0 saturated heterocycles. The van der Waals surface area contributed by atoms with E-state index in [-0.39, 0.29) is 5.91 Å². The summed E-state index contributed by atoms with van der Waals surface area (Å²) in [4.78, 5) is 17.4. The van der Waals surface area contributed by atoms with Gasteiger partial charge in [-0.15, -0.1) is 0 Å². The van der Waals surface area contributed by atoms with Crippen LogP contribution in [-0.2, 0) is 0 Å². The number of rotatable bonds is 4. The second-order valence-electron chi connectivity index (χ2n) is 3.30. The lowest BCUT2D eigenvalue weighted by molar-refractivity contribution is 0.0950. The van der Waals surface area contributed by atoms with Gasteiger partial charge in [0.15, 0.2) is 0 Å². The maximum Gasteiger partial charge on any atom is 0.252 e. The number of hydrogen-bond acceptors (Lipinski definition) is 3. The summed E-state index contributed by atoms with van der Waals surface area (Å²) in [5.74, 6) is -0.0695. The van der Waals surface area contributed by atoms with E-state index < -0.39 is 0 Å². The minimum Gasteiger partial charge on any atom is -0.351 e. The number of carbonyl (C=O) groups is 1. The van der Waals surface area contributed by atoms with Crippen molar-refractivity contribution in [3.63, 3.8) is 0 Å². The van der Waals surface area contributed by atoms with Crippen LogP contribution in [0.2, 0.25) is 0 Å². The molecule has 0 atom stereocenters. The highest BCUT2D eigenvalue weighted by Gasteiger charge is 2.03. The van der Waals surface area contributed by atoms with E-state index in [1.54, 1.807) is 24.5 Å². The van der Waals surface area contributed by atoms with Crippen molar-refractivity contribution in [1.82, 2.24) is 15.2 Å². The normalized spacial score (nSPS) is 10.2. The van der Waals surface area contributed by atoms with Crippen molar-refractivity contribution >= 4 is 5.91 Å². The second-order valence-corrected chi connectivity index (χ2v) is 3.30. The van der Waals surface area contributed by atoms with Crippen LogP contribution in [0.3, 0.4) is 0 Å². The second kappa shape index (κ2) is 5.34. The van der Waals surface area contributed by atoms with E-state index in [9.17, 15) is 4.79 Å². The largest absolute Gasteiger partial charge is 0.351 e. The standard InChI is InChI=1S/C10H15N3O/c1-13(2)7-6-12-10(14)9-4-3-5-11-8-9/h3-5,8H,6-7H2,1-2H3,(H,12,14). The molecule has 76 valence electrons. The Bertz CT molecular complexity index is 285. The van der Waals surface area contributed by atoms with Gasteiger partial charge in [-0.25, -0.2) is 0 Å². The molecule has 0 aliphatic heterocycles. The van der Waals surface area contributed by atoms with Crippen LogP contribution in [0.15, 0.2) is 24.5 Å². The topological polar surface area (TPSA) is 45.2 Å². The average molecular weight is 193 g/mol. The van der Waals surface area contributed by atoms with Crippen LogP contribution in [0, 0.1) is 0 Å². The number of likely N-dealkylation sites (N-methyl/N-ethyl adjacent to an activating group) is 1. The Balaban J connectivity index is 2.36. The lowest BCUT2D eigenvalue weighted by atomic mass is 10.3. The van der Waals surface area contributed by atoms with Crippen molar-refractivity contribution in [2.45, 2.75) is 0 Å². The third-order valence-corrected chi connectivity index (χ3v) is 1.77. The lowest BCUT2D eigenvalue weighted by Crippen LogP contribution is -2.31. The van der Waals surface area contributed by atoms with Gasteiger partial charge in [0, 0.05) is 25.5 Å². The van der Waals surface area contributed by atoms with Crippen LogP contribution in [0.25, 0.3) is 0 Å². The van der Waals surface area contributed by atoms with Gasteiger partial charge in [0.1, 0.15) is 0 Å². The zero-order valence-electron chi connectivity index (χ0n) is 8.53. The summed E-state index contributed by atoms with van der Waals surface area (Å²) in [6.45, 7) is 1.49. The molecule has 0 unspecified atom stereocenters. The zero-order valence-corrected chi connectivity index (χ0v) is 8.53. The molecule has 0 aliphatic rings. The number of nitrogens with one attached hydrogen (secondary N) is 1. The summed E-state index contributed by atoms with van der Waals surface area (Å²) in [6.07, 6.45) is 3.21. The molecule has 0 spiro atoms. The first-order valence-electron chi connectivity index (χ1n) is 4.53. The first-order chi connectivity index (χ1) is 6.70. The first kappa shape index (κ1) is 10.7. The fourth-order valence-corrected chi connectivity index (χ4v) is 0.992. The molecule has 1 N–H and O–H groups in total. The predicted molar refractivity (Wildman–Crippen MR) is 55.1 cm³/mol. The predicted octanol–water partition coefficient (Wildman–Crippen LogP) is 0.373. The maximum atomic E-state index is 11.5. The van der Waals surface area contributed by atoms with Crippen LogP contribution >= 0.6 is 0 Å². The quantitative estimate of drug-likeness (QED) is 0.751. The van der Waals surface area contributed by atoms with Gasteiger partial charge in [0.2, 0.25) is 0 Å². The van der Waals surface area contributed by atoms with Crippen molar-refractivity contribution in [2.24, 2.45) is 0 Å². The molecule has 4 heteroatoms. The van der Waals surface area contributed by atoms with Gasteiger partial charge >= 0.3 is 0 Å². The van der Waals surface area contributed by atoms with Crippen molar-refractivity contribution < 1.29 is 4.79 Å². The van der Waals surface area contributed by atoms with E-state index in [1.165, 1.54) is 0 Å². The fourth-order valence-electron chi connectivity index (χ4n) is 0.992. The van der Waals surface area contributed by atoms with Crippen LogP contribution in [0.5, 0.6) is 0 Å². The Kier molecular flexibility index (Phi) is 4.07. The molecule has 1 heterocycles. The molecule has 1 aromatic heterocycles. The van der Waals surface area contributed by atoms with Gasteiger partial charge in [-0.2, -0.15) is 0 Å². The molecule has 1 amide bonds. The summed E-state index contributed by atoms with van der Waals surface area (Å²) >= 11 is 0. The molecule has 0 bridgehead atoms. The Morgan fingerprint density at radius 1 is 1.57 bits per heavy atom. The van der Waals surface area contributed by atoms with E-state index in [2.05, 4.69) is 10.3 Å². The molecule has 0 fully saturated rings. The zero-order chi connectivity index (χ0) is 10.4. The summed E-state index contributed by atoms with van der Waals surface area (Å²) in [6, 6.07) is 3.50. The van der Waals surface area contributed by atoms with E-state index in [4.69, 9.17) is 0 Å². The number of hydrogen-bond donors (Lipinski definition) is 1. The minimum atomic E-state index is -0.0695. The summed E-state index contributed by atoms with van der Waals surface area (Å²) in [5.41, 5.74) is 0.603. The molecule has 0 saturated carbocycles. The highest BCUT2D eigenvalue weighted by Crippen LogP contribution is 1.94. The van der Waals surface area contributed by atoms with Crippen molar-refractivity contribution in [3.8, 4) is 0 Å². The van der Waals surface area contributed by atoms with E-state index in [1.807, 2.05) is 19.0 Å². The average Bonchev–Trinajstić information content (AvgIpc) is 2.18. The highest BCUT2D eigenvalue weighted by atomic mass is 16.1. The Morgan fingerprint density at radius 2 is 2.36 bits per heavy atom. The van der Waals surface area contributed by atoms with E-state index >= 15 is 0 Å². The van der Waals surface area contributed by atoms with Crippen molar-refractivity contribution in [1.29, 1.82) is 0 Å².